The van der Waals surface area contributed by atoms with E-state index in [0.29, 0.717) is 24.8 Å². The van der Waals surface area contributed by atoms with Crippen LogP contribution in [0.1, 0.15) is 48.1 Å². The van der Waals surface area contributed by atoms with E-state index < -0.39 is 0 Å². The van der Waals surface area contributed by atoms with E-state index in [0.717, 1.165) is 30.9 Å². The molecule has 1 aliphatic rings. The summed E-state index contributed by atoms with van der Waals surface area (Å²) in [5, 5.41) is 9.25. The Hall–Kier alpha value is -0.400. The molecule has 2 heterocycles. The van der Waals surface area contributed by atoms with Crippen LogP contribution in [0, 0.1) is 5.41 Å². The summed E-state index contributed by atoms with van der Waals surface area (Å²) in [6.45, 7) is 7.46. The molecule has 0 radical (unpaired) electrons. The van der Waals surface area contributed by atoms with Crippen molar-refractivity contribution in [3.63, 3.8) is 0 Å². The number of hydrogen-bond donors (Lipinski definition) is 2. The third-order valence-corrected chi connectivity index (χ3v) is 5.13. The van der Waals surface area contributed by atoms with E-state index in [1.807, 2.05) is 5.38 Å². The van der Waals surface area contributed by atoms with Crippen molar-refractivity contribution in [1.82, 2.24) is 15.6 Å². The molecule has 0 unspecified atom stereocenters. The SMILES string of the molecule is COCC1(CNC(=O)c2csc(C(C)C)n2)CCNCC1.Cl.Cl. The summed E-state index contributed by atoms with van der Waals surface area (Å²) in [4.78, 5) is 16.7. The molecule has 1 amide bonds. The van der Waals surface area contributed by atoms with E-state index in [1.54, 1.807) is 18.4 Å². The summed E-state index contributed by atoms with van der Waals surface area (Å²) >= 11 is 1.55. The van der Waals surface area contributed by atoms with Gasteiger partial charge in [-0.15, -0.1) is 36.2 Å². The fourth-order valence-electron chi connectivity index (χ4n) is 2.65. The number of nitrogens with one attached hydrogen (secondary N) is 2. The third kappa shape index (κ3) is 6.19. The lowest BCUT2D eigenvalue weighted by Crippen LogP contribution is -2.47. The molecule has 2 N–H and O–H groups in total. The number of halogens is 2. The first-order valence-electron chi connectivity index (χ1n) is 7.50. The Kier molecular flexibility index (Phi) is 10.3. The van der Waals surface area contributed by atoms with Crippen molar-refractivity contribution in [2.24, 2.45) is 5.41 Å². The Bertz CT molecular complexity index is 472. The number of amides is 1. The number of carbonyl (C=O) groups is 1. The van der Waals surface area contributed by atoms with E-state index in [4.69, 9.17) is 4.74 Å². The zero-order valence-corrected chi connectivity index (χ0v) is 16.3. The minimum Gasteiger partial charge on any atom is -0.384 e. The Morgan fingerprint density at radius 3 is 2.61 bits per heavy atom. The lowest BCUT2D eigenvalue weighted by Gasteiger charge is -2.37. The first-order valence-corrected chi connectivity index (χ1v) is 8.37. The van der Waals surface area contributed by atoms with E-state index in [2.05, 4.69) is 29.5 Å². The van der Waals surface area contributed by atoms with Gasteiger partial charge in [-0.2, -0.15) is 0 Å². The molecule has 0 bridgehead atoms. The largest absolute Gasteiger partial charge is 0.384 e. The molecular formula is C15H27Cl2N3O2S. The Morgan fingerprint density at radius 1 is 1.43 bits per heavy atom. The third-order valence-electron chi connectivity index (χ3n) is 3.99. The van der Waals surface area contributed by atoms with Crippen LogP contribution in [0.25, 0.3) is 0 Å². The van der Waals surface area contributed by atoms with Crippen LogP contribution in [0.4, 0.5) is 0 Å². The number of aromatic nitrogens is 1. The van der Waals surface area contributed by atoms with Crippen molar-refractivity contribution in [3.8, 4) is 0 Å². The average molecular weight is 384 g/mol. The van der Waals surface area contributed by atoms with Gasteiger partial charge < -0.3 is 15.4 Å². The number of piperidine rings is 1. The number of carbonyl (C=O) groups excluding carboxylic acids is 1. The van der Waals surface area contributed by atoms with Gasteiger partial charge in [0.25, 0.3) is 5.91 Å². The first kappa shape index (κ1) is 22.6. The number of methoxy groups -OCH3 is 1. The van der Waals surface area contributed by atoms with Crippen LogP contribution in [0.2, 0.25) is 0 Å². The summed E-state index contributed by atoms with van der Waals surface area (Å²) in [6, 6.07) is 0. The van der Waals surface area contributed by atoms with Gasteiger partial charge in [-0.25, -0.2) is 4.98 Å². The van der Waals surface area contributed by atoms with Gasteiger partial charge in [0, 0.05) is 30.4 Å². The molecule has 5 nitrogen and oxygen atoms in total. The van der Waals surface area contributed by atoms with Crippen LogP contribution in [0.15, 0.2) is 5.38 Å². The Labute approximate surface area is 154 Å². The molecule has 1 fully saturated rings. The van der Waals surface area contributed by atoms with Crippen LogP contribution in [-0.2, 0) is 4.74 Å². The van der Waals surface area contributed by atoms with Crippen molar-refractivity contribution in [3.05, 3.63) is 16.1 Å². The van der Waals surface area contributed by atoms with Crippen LogP contribution in [0.3, 0.4) is 0 Å². The van der Waals surface area contributed by atoms with Gasteiger partial charge in [-0.3, -0.25) is 4.79 Å². The summed E-state index contributed by atoms with van der Waals surface area (Å²) in [6.07, 6.45) is 2.05. The van der Waals surface area contributed by atoms with E-state index in [1.165, 1.54) is 0 Å². The van der Waals surface area contributed by atoms with Gasteiger partial charge in [0.2, 0.25) is 0 Å². The van der Waals surface area contributed by atoms with Gasteiger partial charge in [0.1, 0.15) is 5.69 Å². The molecular weight excluding hydrogens is 357 g/mol. The van der Waals surface area contributed by atoms with Crippen LogP contribution in [0.5, 0.6) is 0 Å². The highest BCUT2D eigenvalue weighted by atomic mass is 35.5. The minimum atomic E-state index is -0.0767. The molecule has 1 saturated heterocycles. The Morgan fingerprint density at radius 2 is 2.09 bits per heavy atom. The second-order valence-corrected chi connectivity index (χ2v) is 6.98. The molecule has 0 saturated carbocycles. The van der Waals surface area contributed by atoms with E-state index in [-0.39, 0.29) is 36.1 Å². The van der Waals surface area contributed by atoms with Crippen molar-refractivity contribution < 1.29 is 9.53 Å². The van der Waals surface area contributed by atoms with Gasteiger partial charge >= 0.3 is 0 Å². The maximum absolute atomic E-state index is 12.2. The fraction of sp³-hybridized carbons (Fsp3) is 0.733. The maximum Gasteiger partial charge on any atom is 0.270 e. The van der Waals surface area contributed by atoms with Crippen LogP contribution >= 0.6 is 36.2 Å². The van der Waals surface area contributed by atoms with E-state index >= 15 is 0 Å². The van der Waals surface area contributed by atoms with Crippen LogP contribution in [-0.4, -0.2) is 44.2 Å². The zero-order valence-electron chi connectivity index (χ0n) is 13.9. The molecule has 134 valence electrons. The van der Waals surface area contributed by atoms with E-state index in [9.17, 15) is 4.79 Å². The molecule has 1 aromatic rings. The summed E-state index contributed by atoms with van der Waals surface area (Å²) in [5.41, 5.74) is 0.581. The van der Waals surface area contributed by atoms with Gasteiger partial charge in [-0.05, 0) is 25.9 Å². The molecule has 2 rings (SSSR count). The van der Waals surface area contributed by atoms with Crippen molar-refractivity contribution >= 4 is 42.1 Å². The summed E-state index contributed by atoms with van der Waals surface area (Å²) in [5.74, 6) is 0.285. The number of hydrogen-bond acceptors (Lipinski definition) is 5. The van der Waals surface area contributed by atoms with Gasteiger partial charge in [0.05, 0.1) is 11.6 Å². The standard InChI is InChI=1S/C15H25N3O2S.2ClH/c1-11(2)14-18-12(8-21-14)13(19)17-9-15(10-20-3)4-6-16-7-5-15;;/h8,11,16H,4-7,9-10H2,1-3H3,(H,17,19);2*1H. The number of thiazole rings is 1. The molecule has 0 aliphatic carbocycles. The lowest BCUT2D eigenvalue weighted by atomic mass is 9.79. The highest BCUT2D eigenvalue weighted by Gasteiger charge is 2.32. The molecule has 23 heavy (non-hydrogen) atoms. The fourth-order valence-corrected chi connectivity index (χ4v) is 3.47. The highest BCUT2D eigenvalue weighted by molar-refractivity contribution is 7.09. The normalized spacial score (nSPS) is 16.3. The maximum atomic E-state index is 12.2. The highest BCUT2D eigenvalue weighted by Crippen LogP contribution is 2.28. The second-order valence-electron chi connectivity index (χ2n) is 6.09. The minimum absolute atomic E-state index is 0. The lowest BCUT2D eigenvalue weighted by molar-refractivity contribution is 0.0511. The summed E-state index contributed by atoms with van der Waals surface area (Å²) < 4.78 is 5.37. The predicted octanol–water partition coefficient (Wildman–Crippen LogP) is 2.86. The van der Waals surface area contributed by atoms with Gasteiger partial charge in [-0.1, -0.05) is 13.8 Å². The van der Waals surface area contributed by atoms with Crippen molar-refractivity contribution in [1.29, 1.82) is 0 Å². The predicted molar refractivity (Wildman–Crippen MR) is 99.4 cm³/mol. The van der Waals surface area contributed by atoms with Crippen molar-refractivity contribution in [2.75, 3.05) is 33.4 Å². The van der Waals surface area contributed by atoms with Crippen molar-refractivity contribution in [2.45, 2.75) is 32.6 Å². The number of nitrogens with zero attached hydrogens (tertiary/aromatic N) is 1. The molecule has 1 aliphatic heterocycles. The monoisotopic (exact) mass is 383 g/mol. The molecule has 0 atom stereocenters. The number of rotatable bonds is 6. The quantitative estimate of drug-likeness (QED) is 0.792. The molecule has 1 aromatic heterocycles. The zero-order chi connectivity index (χ0) is 15.3. The second kappa shape index (κ2) is 10.5. The first-order chi connectivity index (χ1) is 10.1. The number of ether oxygens (including phenoxy) is 1. The van der Waals surface area contributed by atoms with Gasteiger partial charge in [0.15, 0.2) is 0 Å². The summed E-state index contributed by atoms with van der Waals surface area (Å²) in [7, 11) is 1.72. The smallest absolute Gasteiger partial charge is 0.270 e. The topological polar surface area (TPSA) is 63.2 Å². The molecule has 0 aromatic carbocycles. The average Bonchev–Trinajstić information content (AvgIpc) is 2.96. The van der Waals surface area contributed by atoms with Crippen LogP contribution < -0.4 is 10.6 Å². The molecule has 8 heteroatoms. The molecule has 0 spiro atoms. The Balaban J connectivity index is 0.00000242.